The number of hydrogen-bond acceptors (Lipinski definition) is 4. The molecule has 27 heavy (non-hydrogen) atoms. The molecule has 0 spiro atoms. The summed E-state index contributed by atoms with van der Waals surface area (Å²) in [7, 11) is 1.98. The van der Waals surface area contributed by atoms with Gasteiger partial charge in [0.05, 0.1) is 16.1 Å². The summed E-state index contributed by atoms with van der Waals surface area (Å²) < 4.78 is 4.12. The van der Waals surface area contributed by atoms with E-state index < -0.39 is 0 Å². The van der Waals surface area contributed by atoms with Gasteiger partial charge in [0.15, 0.2) is 4.96 Å². The molecule has 5 nitrogen and oxygen atoms in total. The number of hydrogen-bond donors (Lipinski definition) is 1. The average Bonchev–Trinajstić information content (AvgIpc) is 3.38. The molecular formula is C21H23N5S. The summed E-state index contributed by atoms with van der Waals surface area (Å²) in [5, 5.41) is 9.29. The lowest BCUT2D eigenvalue weighted by atomic mass is 10.0. The van der Waals surface area contributed by atoms with Crippen LogP contribution in [0.4, 0.5) is 0 Å². The van der Waals surface area contributed by atoms with Crippen LogP contribution in [0.2, 0.25) is 0 Å². The van der Waals surface area contributed by atoms with E-state index in [2.05, 4.69) is 52.5 Å². The molecule has 1 saturated heterocycles. The van der Waals surface area contributed by atoms with Crippen molar-refractivity contribution in [3.8, 4) is 10.4 Å². The fourth-order valence-electron chi connectivity index (χ4n) is 5.12. The van der Waals surface area contributed by atoms with Gasteiger partial charge in [-0.2, -0.15) is 5.10 Å². The summed E-state index contributed by atoms with van der Waals surface area (Å²) in [4.78, 5) is 7.38. The number of aromatic nitrogens is 4. The maximum atomic E-state index is 5.00. The molecule has 1 aromatic carbocycles. The van der Waals surface area contributed by atoms with Crippen LogP contribution in [0.3, 0.4) is 0 Å². The lowest BCUT2D eigenvalue weighted by Gasteiger charge is -2.07. The van der Waals surface area contributed by atoms with E-state index in [-0.39, 0.29) is 0 Å². The van der Waals surface area contributed by atoms with Crippen LogP contribution in [0.1, 0.15) is 30.0 Å². The predicted molar refractivity (Wildman–Crippen MR) is 109 cm³/mol. The van der Waals surface area contributed by atoms with Crippen molar-refractivity contribution in [1.82, 2.24) is 24.5 Å². The maximum Gasteiger partial charge on any atom is 0.194 e. The second kappa shape index (κ2) is 5.66. The van der Waals surface area contributed by atoms with Crippen LogP contribution in [0.25, 0.3) is 26.3 Å². The van der Waals surface area contributed by atoms with E-state index in [1.54, 1.807) is 11.3 Å². The second-order valence-electron chi connectivity index (χ2n) is 8.33. The summed E-state index contributed by atoms with van der Waals surface area (Å²) in [6, 6.07) is 4.49. The van der Waals surface area contributed by atoms with Gasteiger partial charge in [0.2, 0.25) is 0 Å². The van der Waals surface area contributed by atoms with E-state index in [0.717, 1.165) is 22.3 Å². The van der Waals surface area contributed by atoms with Crippen molar-refractivity contribution in [2.45, 2.75) is 25.7 Å². The molecule has 6 heteroatoms. The molecule has 138 valence electrons. The molecule has 2 fully saturated rings. The zero-order chi connectivity index (χ0) is 18.1. The van der Waals surface area contributed by atoms with Crippen LogP contribution < -0.4 is 5.32 Å². The molecule has 3 atom stereocenters. The van der Waals surface area contributed by atoms with Gasteiger partial charge in [-0.05, 0) is 68.0 Å². The normalized spacial score (nSPS) is 25.0. The summed E-state index contributed by atoms with van der Waals surface area (Å²) >= 11 is 1.79. The zero-order valence-corrected chi connectivity index (χ0v) is 16.5. The van der Waals surface area contributed by atoms with Crippen molar-refractivity contribution >= 4 is 27.2 Å². The van der Waals surface area contributed by atoms with Crippen LogP contribution in [0.15, 0.2) is 30.7 Å². The number of aryl methyl sites for hydroxylation is 2. The van der Waals surface area contributed by atoms with Gasteiger partial charge in [0, 0.05) is 36.9 Å². The van der Waals surface area contributed by atoms with Crippen LogP contribution >= 0.6 is 11.3 Å². The van der Waals surface area contributed by atoms with Gasteiger partial charge in [-0.1, -0.05) is 11.3 Å². The SMILES string of the molecule is Cc1cc(-c2cn3cc(C4CC5CNC[C@H]5C4)nc3s2)cc2cn(C)nc12. The molecule has 0 amide bonds. The third-order valence-corrected chi connectivity index (χ3v) is 7.49. The van der Waals surface area contributed by atoms with Gasteiger partial charge >= 0.3 is 0 Å². The van der Waals surface area contributed by atoms with E-state index in [4.69, 9.17) is 4.98 Å². The van der Waals surface area contributed by atoms with E-state index in [0.29, 0.717) is 5.92 Å². The molecular weight excluding hydrogens is 354 g/mol. The number of nitrogens with one attached hydrogen (secondary N) is 1. The monoisotopic (exact) mass is 377 g/mol. The molecule has 4 aromatic rings. The summed E-state index contributed by atoms with van der Waals surface area (Å²) in [5.41, 5.74) is 4.86. The first-order chi connectivity index (χ1) is 13.1. The second-order valence-corrected chi connectivity index (χ2v) is 9.34. The lowest BCUT2D eigenvalue weighted by molar-refractivity contribution is 0.494. The Labute approximate surface area is 162 Å². The fraction of sp³-hybridized carbons (Fsp3) is 0.429. The van der Waals surface area contributed by atoms with Crippen molar-refractivity contribution in [2.24, 2.45) is 18.9 Å². The molecule has 2 aliphatic rings. The minimum atomic E-state index is 0.645. The van der Waals surface area contributed by atoms with E-state index in [9.17, 15) is 0 Å². The Morgan fingerprint density at radius 3 is 2.70 bits per heavy atom. The van der Waals surface area contributed by atoms with Gasteiger partial charge in [0.25, 0.3) is 0 Å². The highest BCUT2D eigenvalue weighted by Crippen LogP contribution is 2.44. The quantitative estimate of drug-likeness (QED) is 0.575. The third-order valence-electron chi connectivity index (χ3n) is 6.45. The minimum Gasteiger partial charge on any atom is -0.316 e. The van der Waals surface area contributed by atoms with Crippen molar-refractivity contribution in [1.29, 1.82) is 0 Å². The van der Waals surface area contributed by atoms with E-state index in [1.165, 1.54) is 53.0 Å². The molecule has 0 radical (unpaired) electrons. The van der Waals surface area contributed by atoms with Crippen molar-refractivity contribution in [3.05, 3.63) is 42.0 Å². The molecule has 4 heterocycles. The van der Waals surface area contributed by atoms with Crippen LogP contribution in [0.5, 0.6) is 0 Å². The smallest absolute Gasteiger partial charge is 0.194 e. The lowest BCUT2D eigenvalue weighted by Crippen LogP contribution is -2.11. The van der Waals surface area contributed by atoms with E-state index in [1.807, 2.05) is 11.7 Å². The maximum absolute atomic E-state index is 5.00. The average molecular weight is 378 g/mol. The Kier molecular flexibility index (Phi) is 3.32. The van der Waals surface area contributed by atoms with Gasteiger partial charge in [0.1, 0.15) is 0 Å². The molecule has 1 aliphatic heterocycles. The predicted octanol–water partition coefficient (Wildman–Crippen LogP) is 3.97. The van der Waals surface area contributed by atoms with Gasteiger partial charge in [-0.15, -0.1) is 0 Å². The zero-order valence-electron chi connectivity index (χ0n) is 15.6. The Morgan fingerprint density at radius 1 is 1.11 bits per heavy atom. The Bertz CT molecular complexity index is 1120. The number of nitrogens with zero attached hydrogens (tertiary/aromatic N) is 4. The third kappa shape index (κ3) is 2.47. The molecule has 1 N–H and O–H groups in total. The standard InChI is InChI=1S/C21H23N5S/c1-12-3-14(6-17-9-25(2)24-20(12)17)19-11-26-10-18(23-21(26)27-19)13-4-15-7-22-8-16(15)5-13/h3,6,9-11,13,15-16,22H,4-5,7-8H2,1-2H3/t13?,15-,16?/m1/s1. The summed E-state index contributed by atoms with van der Waals surface area (Å²) in [6.45, 7) is 4.54. The molecule has 2 unspecified atom stereocenters. The summed E-state index contributed by atoms with van der Waals surface area (Å²) in [5.74, 6) is 2.37. The van der Waals surface area contributed by atoms with Crippen molar-refractivity contribution < 1.29 is 0 Å². The molecule has 6 rings (SSSR count). The van der Waals surface area contributed by atoms with Crippen LogP contribution in [0, 0.1) is 18.8 Å². The van der Waals surface area contributed by atoms with Crippen molar-refractivity contribution in [3.63, 3.8) is 0 Å². The number of fused-ring (bicyclic) bond motifs is 3. The highest BCUT2D eigenvalue weighted by molar-refractivity contribution is 7.20. The van der Waals surface area contributed by atoms with Crippen molar-refractivity contribution in [2.75, 3.05) is 13.1 Å². The van der Waals surface area contributed by atoms with Gasteiger partial charge in [-0.25, -0.2) is 4.98 Å². The highest BCUT2D eigenvalue weighted by Gasteiger charge is 2.38. The first kappa shape index (κ1) is 15.8. The minimum absolute atomic E-state index is 0.645. The first-order valence-corrected chi connectivity index (χ1v) is 10.6. The van der Waals surface area contributed by atoms with E-state index >= 15 is 0 Å². The Balaban J connectivity index is 1.34. The fourth-order valence-corrected chi connectivity index (χ4v) is 6.08. The molecule has 1 aliphatic carbocycles. The first-order valence-electron chi connectivity index (χ1n) is 9.77. The number of rotatable bonds is 2. The number of thiazole rings is 1. The Morgan fingerprint density at radius 2 is 1.93 bits per heavy atom. The summed E-state index contributed by atoms with van der Waals surface area (Å²) in [6.07, 6.45) is 9.20. The topological polar surface area (TPSA) is 47.1 Å². The molecule has 3 aromatic heterocycles. The van der Waals surface area contributed by atoms with Gasteiger partial charge < -0.3 is 5.32 Å². The molecule has 1 saturated carbocycles. The number of benzene rings is 1. The van der Waals surface area contributed by atoms with Crippen LogP contribution in [-0.4, -0.2) is 32.3 Å². The highest BCUT2D eigenvalue weighted by atomic mass is 32.1. The number of imidazole rings is 1. The Hall–Kier alpha value is -2.18. The van der Waals surface area contributed by atoms with Crippen LogP contribution in [-0.2, 0) is 7.05 Å². The molecule has 0 bridgehead atoms. The van der Waals surface area contributed by atoms with Gasteiger partial charge in [-0.3, -0.25) is 9.08 Å². The largest absolute Gasteiger partial charge is 0.316 e.